The normalized spacial score (nSPS) is 10.7. The number of aromatic hydroxyl groups is 1. The van der Waals surface area contributed by atoms with Crippen LogP contribution < -0.4 is 4.74 Å². The average Bonchev–Trinajstić information content (AvgIpc) is 2.96. The van der Waals surface area contributed by atoms with Crippen molar-refractivity contribution in [1.29, 1.82) is 0 Å². The standard InChI is InChI=1S/C15H12O5S/c1-20-13-6-9(3-5-12(13)17)2-4-11(16)10-7-14(15(18)19)21-8-10/h2-8,17H,1H3,(H,18,19). The molecular formula is C15H12O5S. The fraction of sp³-hybridized carbons (Fsp3) is 0.0667. The highest BCUT2D eigenvalue weighted by Crippen LogP contribution is 2.26. The van der Waals surface area contributed by atoms with Gasteiger partial charge in [0, 0.05) is 10.9 Å². The van der Waals surface area contributed by atoms with Gasteiger partial charge in [-0.3, -0.25) is 4.79 Å². The first-order valence-corrected chi connectivity index (χ1v) is 6.80. The third-order valence-electron chi connectivity index (χ3n) is 2.73. The van der Waals surface area contributed by atoms with Gasteiger partial charge in [0.2, 0.25) is 0 Å². The number of carbonyl (C=O) groups excluding carboxylic acids is 1. The van der Waals surface area contributed by atoms with Gasteiger partial charge in [0.15, 0.2) is 17.3 Å². The Kier molecular flexibility index (Phi) is 4.39. The molecule has 2 aromatic rings. The van der Waals surface area contributed by atoms with Crippen molar-refractivity contribution in [2.75, 3.05) is 7.11 Å². The summed E-state index contributed by atoms with van der Waals surface area (Å²) in [7, 11) is 1.44. The van der Waals surface area contributed by atoms with Crippen molar-refractivity contribution < 1.29 is 24.5 Å². The molecule has 108 valence electrons. The second-order valence-electron chi connectivity index (χ2n) is 4.13. The topological polar surface area (TPSA) is 83.8 Å². The number of aromatic carboxylic acids is 1. The lowest BCUT2D eigenvalue weighted by Crippen LogP contribution is -1.94. The second kappa shape index (κ2) is 6.23. The maximum absolute atomic E-state index is 11.9. The van der Waals surface area contributed by atoms with Crippen molar-refractivity contribution in [3.8, 4) is 11.5 Å². The molecule has 6 heteroatoms. The van der Waals surface area contributed by atoms with Crippen LogP contribution in [0.4, 0.5) is 0 Å². The molecule has 1 aromatic heterocycles. The molecule has 2 N–H and O–H groups in total. The summed E-state index contributed by atoms with van der Waals surface area (Å²) in [6.45, 7) is 0. The van der Waals surface area contributed by atoms with Crippen LogP contribution >= 0.6 is 11.3 Å². The van der Waals surface area contributed by atoms with Gasteiger partial charge in [0.1, 0.15) is 4.88 Å². The molecule has 1 aromatic carbocycles. The van der Waals surface area contributed by atoms with E-state index in [4.69, 9.17) is 9.84 Å². The summed E-state index contributed by atoms with van der Waals surface area (Å²) in [6, 6.07) is 6.04. The highest BCUT2D eigenvalue weighted by atomic mass is 32.1. The fourth-order valence-corrected chi connectivity index (χ4v) is 2.38. The third-order valence-corrected chi connectivity index (χ3v) is 3.64. The molecule has 0 amide bonds. The van der Waals surface area contributed by atoms with Crippen LogP contribution in [0, 0.1) is 0 Å². The van der Waals surface area contributed by atoms with Gasteiger partial charge in [-0.1, -0.05) is 12.1 Å². The maximum Gasteiger partial charge on any atom is 0.345 e. The third kappa shape index (κ3) is 3.49. The number of hydrogen-bond donors (Lipinski definition) is 2. The van der Waals surface area contributed by atoms with Gasteiger partial charge in [-0.25, -0.2) is 4.79 Å². The van der Waals surface area contributed by atoms with E-state index in [1.165, 1.54) is 30.7 Å². The highest BCUT2D eigenvalue weighted by molar-refractivity contribution is 7.12. The minimum absolute atomic E-state index is 0.0184. The predicted octanol–water partition coefficient (Wildman–Crippen LogP) is 3.06. The zero-order valence-corrected chi connectivity index (χ0v) is 11.9. The summed E-state index contributed by atoms with van der Waals surface area (Å²) >= 11 is 1.01. The van der Waals surface area contributed by atoms with E-state index in [2.05, 4.69) is 0 Å². The van der Waals surface area contributed by atoms with Gasteiger partial charge in [-0.15, -0.1) is 11.3 Å². The average molecular weight is 304 g/mol. The molecule has 0 saturated heterocycles. The van der Waals surface area contributed by atoms with Crippen molar-refractivity contribution >= 4 is 29.2 Å². The van der Waals surface area contributed by atoms with Gasteiger partial charge in [0.25, 0.3) is 0 Å². The summed E-state index contributed by atoms with van der Waals surface area (Å²) in [5.41, 5.74) is 1.02. The lowest BCUT2D eigenvalue weighted by molar-refractivity contribution is 0.0702. The number of allylic oxidation sites excluding steroid dienone is 1. The van der Waals surface area contributed by atoms with E-state index in [0.29, 0.717) is 16.9 Å². The molecule has 0 aliphatic heterocycles. The zero-order chi connectivity index (χ0) is 15.4. The molecule has 0 fully saturated rings. The van der Waals surface area contributed by atoms with Crippen LogP contribution in [-0.4, -0.2) is 29.1 Å². The van der Waals surface area contributed by atoms with E-state index >= 15 is 0 Å². The molecule has 1 heterocycles. The number of carboxylic acid groups (broad SMARTS) is 1. The number of methoxy groups -OCH3 is 1. The van der Waals surface area contributed by atoms with Gasteiger partial charge in [-0.2, -0.15) is 0 Å². The number of phenols is 1. The van der Waals surface area contributed by atoms with Gasteiger partial charge < -0.3 is 14.9 Å². The summed E-state index contributed by atoms with van der Waals surface area (Å²) in [4.78, 5) is 22.8. The highest BCUT2D eigenvalue weighted by Gasteiger charge is 2.10. The van der Waals surface area contributed by atoms with Crippen LogP contribution in [0.5, 0.6) is 11.5 Å². The molecule has 2 rings (SSSR count). The number of carboxylic acids is 1. The van der Waals surface area contributed by atoms with Crippen LogP contribution in [0.25, 0.3) is 6.08 Å². The molecule has 0 saturated carbocycles. The van der Waals surface area contributed by atoms with Crippen molar-refractivity contribution in [2.45, 2.75) is 0 Å². The SMILES string of the molecule is COc1cc(C=CC(=O)c2csc(C(=O)O)c2)ccc1O. The van der Waals surface area contributed by atoms with Crippen LogP contribution in [0.1, 0.15) is 25.6 Å². The van der Waals surface area contributed by atoms with E-state index in [-0.39, 0.29) is 16.4 Å². The Morgan fingerprint density at radius 1 is 1.29 bits per heavy atom. The van der Waals surface area contributed by atoms with E-state index < -0.39 is 5.97 Å². The first-order valence-electron chi connectivity index (χ1n) is 5.92. The molecule has 0 atom stereocenters. The lowest BCUT2D eigenvalue weighted by atomic mass is 10.1. The van der Waals surface area contributed by atoms with Gasteiger partial charge in [0.05, 0.1) is 7.11 Å². The fourth-order valence-electron chi connectivity index (χ4n) is 1.64. The van der Waals surface area contributed by atoms with E-state index in [0.717, 1.165) is 11.3 Å². The summed E-state index contributed by atoms with van der Waals surface area (Å²) in [5.74, 6) is -1.00. The quantitative estimate of drug-likeness (QED) is 0.655. The molecule has 0 spiro atoms. The Morgan fingerprint density at radius 2 is 2.05 bits per heavy atom. The number of rotatable bonds is 5. The molecule has 5 nitrogen and oxygen atoms in total. The Balaban J connectivity index is 2.16. The Bertz CT molecular complexity index is 715. The first-order chi connectivity index (χ1) is 10.0. The summed E-state index contributed by atoms with van der Waals surface area (Å²) < 4.78 is 4.97. The van der Waals surface area contributed by atoms with E-state index in [1.807, 2.05) is 0 Å². The number of carbonyl (C=O) groups is 2. The number of benzene rings is 1. The minimum atomic E-state index is -1.05. The monoisotopic (exact) mass is 304 g/mol. The summed E-state index contributed by atoms with van der Waals surface area (Å²) in [6.07, 6.45) is 2.92. The number of ether oxygens (including phenoxy) is 1. The minimum Gasteiger partial charge on any atom is -0.504 e. The Morgan fingerprint density at radius 3 is 2.67 bits per heavy atom. The number of thiophene rings is 1. The molecule has 21 heavy (non-hydrogen) atoms. The van der Waals surface area contributed by atoms with Crippen molar-refractivity contribution in [3.63, 3.8) is 0 Å². The number of phenolic OH excluding ortho intramolecular Hbond substituents is 1. The Hall–Kier alpha value is -2.60. The van der Waals surface area contributed by atoms with Crippen molar-refractivity contribution in [1.82, 2.24) is 0 Å². The molecule has 0 unspecified atom stereocenters. The molecule has 0 radical (unpaired) electrons. The largest absolute Gasteiger partial charge is 0.504 e. The molecular weight excluding hydrogens is 292 g/mol. The van der Waals surface area contributed by atoms with Crippen molar-refractivity contribution in [2.24, 2.45) is 0 Å². The zero-order valence-electron chi connectivity index (χ0n) is 11.1. The van der Waals surface area contributed by atoms with Crippen molar-refractivity contribution in [3.05, 3.63) is 51.7 Å². The summed E-state index contributed by atoms with van der Waals surface area (Å²) in [5, 5.41) is 19.8. The van der Waals surface area contributed by atoms with Crippen LogP contribution in [0.15, 0.2) is 35.7 Å². The lowest BCUT2D eigenvalue weighted by Gasteiger charge is -2.03. The van der Waals surface area contributed by atoms with E-state index in [9.17, 15) is 14.7 Å². The Labute approximate surface area is 124 Å². The maximum atomic E-state index is 11.9. The molecule has 0 aliphatic rings. The number of hydrogen-bond acceptors (Lipinski definition) is 5. The second-order valence-corrected chi connectivity index (χ2v) is 5.04. The molecule has 0 bridgehead atoms. The smallest absolute Gasteiger partial charge is 0.345 e. The van der Waals surface area contributed by atoms with Gasteiger partial charge >= 0.3 is 5.97 Å². The number of ketones is 1. The van der Waals surface area contributed by atoms with Crippen LogP contribution in [0.2, 0.25) is 0 Å². The van der Waals surface area contributed by atoms with Crippen LogP contribution in [-0.2, 0) is 0 Å². The van der Waals surface area contributed by atoms with E-state index in [1.54, 1.807) is 18.2 Å². The first kappa shape index (κ1) is 14.8. The van der Waals surface area contributed by atoms with Gasteiger partial charge in [-0.05, 0) is 29.8 Å². The predicted molar refractivity (Wildman–Crippen MR) is 79.3 cm³/mol. The molecule has 0 aliphatic carbocycles. The van der Waals surface area contributed by atoms with Crippen LogP contribution in [0.3, 0.4) is 0 Å².